The van der Waals surface area contributed by atoms with Crippen LogP contribution in [-0.4, -0.2) is 38.0 Å². The lowest BCUT2D eigenvalue weighted by Gasteiger charge is -2.11. The number of amides is 2. The van der Waals surface area contributed by atoms with E-state index in [1.807, 2.05) is 13.0 Å². The van der Waals surface area contributed by atoms with Gasteiger partial charge in [-0.25, -0.2) is 0 Å². The van der Waals surface area contributed by atoms with Crippen LogP contribution in [0.4, 0.5) is 5.69 Å². The molecule has 0 saturated heterocycles. The first-order valence-electron chi connectivity index (χ1n) is 7.41. The number of carbonyl (C=O) groups excluding carboxylic acids is 3. The van der Waals surface area contributed by atoms with E-state index in [1.165, 1.54) is 18.4 Å². The zero-order valence-corrected chi connectivity index (χ0v) is 14.6. The predicted molar refractivity (Wildman–Crippen MR) is 94.0 cm³/mol. The molecule has 132 valence electrons. The molecule has 1 heterocycles. The van der Waals surface area contributed by atoms with Crippen molar-refractivity contribution < 1.29 is 23.9 Å². The molecule has 0 atom stereocenters. The third kappa shape index (κ3) is 5.61. The number of esters is 1. The third-order valence-electron chi connectivity index (χ3n) is 3.13. The van der Waals surface area contributed by atoms with Gasteiger partial charge >= 0.3 is 5.97 Å². The fraction of sp³-hybridized carbons (Fsp3) is 0.235. The van der Waals surface area contributed by atoms with E-state index >= 15 is 0 Å². The number of ether oxygens (including phenoxy) is 2. The highest BCUT2D eigenvalue weighted by Gasteiger charge is 2.12. The van der Waals surface area contributed by atoms with E-state index in [9.17, 15) is 14.4 Å². The molecule has 2 N–H and O–H groups in total. The summed E-state index contributed by atoms with van der Waals surface area (Å²) in [4.78, 5) is 35.7. The Morgan fingerprint density at radius 1 is 1.20 bits per heavy atom. The fourth-order valence-corrected chi connectivity index (χ4v) is 2.59. The van der Waals surface area contributed by atoms with E-state index in [-0.39, 0.29) is 12.5 Å². The lowest BCUT2D eigenvalue weighted by Crippen LogP contribution is -2.31. The molecule has 7 nitrogen and oxygen atoms in total. The van der Waals surface area contributed by atoms with Gasteiger partial charge in [0.05, 0.1) is 17.7 Å². The van der Waals surface area contributed by atoms with Gasteiger partial charge in [0.2, 0.25) is 0 Å². The molecule has 2 aromatic rings. The van der Waals surface area contributed by atoms with Crippen LogP contribution in [0.2, 0.25) is 0 Å². The summed E-state index contributed by atoms with van der Waals surface area (Å²) in [5, 5.41) is 6.81. The Morgan fingerprint density at radius 3 is 2.68 bits per heavy atom. The summed E-state index contributed by atoms with van der Waals surface area (Å²) in [5.74, 6) is -1.05. The number of aryl methyl sites for hydroxylation is 1. The van der Waals surface area contributed by atoms with E-state index in [2.05, 4.69) is 10.6 Å². The molecule has 1 aromatic heterocycles. The zero-order valence-electron chi connectivity index (χ0n) is 13.8. The van der Waals surface area contributed by atoms with Crippen LogP contribution in [0.1, 0.15) is 15.2 Å². The summed E-state index contributed by atoms with van der Waals surface area (Å²) < 4.78 is 10.0. The van der Waals surface area contributed by atoms with Crippen molar-refractivity contribution in [1.82, 2.24) is 5.32 Å². The summed E-state index contributed by atoms with van der Waals surface area (Å²) >= 11 is 1.27. The fourth-order valence-electron chi connectivity index (χ4n) is 1.95. The minimum absolute atomic E-state index is 0.308. The molecule has 2 amide bonds. The van der Waals surface area contributed by atoms with Crippen molar-refractivity contribution in [2.45, 2.75) is 6.92 Å². The van der Waals surface area contributed by atoms with Crippen LogP contribution < -0.4 is 15.4 Å². The molecule has 0 aliphatic rings. The topological polar surface area (TPSA) is 93.7 Å². The Morgan fingerprint density at radius 2 is 2.00 bits per heavy atom. The summed E-state index contributed by atoms with van der Waals surface area (Å²) in [6, 6.07) is 8.72. The highest BCUT2D eigenvalue weighted by molar-refractivity contribution is 7.12. The lowest BCUT2D eigenvalue weighted by atomic mass is 10.2. The Balaban J connectivity index is 1.77. The second-order valence-electron chi connectivity index (χ2n) is 5.07. The van der Waals surface area contributed by atoms with Crippen LogP contribution in [0.25, 0.3) is 0 Å². The third-order valence-corrected chi connectivity index (χ3v) is 4.00. The van der Waals surface area contributed by atoms with Crippen molar-refractivity contribution in [3.05, 3.63) is 46.2 Å². The van der Waals surface area contributed by atoms with Gasteiger partial charge in [-0.3, -0.25) is 14.4 Å². The first-order chi connectivity index (χ1) is 12.0. The quantitative estimate of drug-likeness (QED) is 0.735. The maximum Gasteiger partial charge on any atom is 0.325 e. The van der Waals surface area contributed by atoms with Gasteiger partial charge in [0, 0.05) is 0 Å². The van der Waals surface area contributed by atoms with Gasteiger partial charge in [0.1, 0.15) is 12.3 Å². The molecular formula is C17H18N2O5S. The van der Waals surface area contributed by atoms with E-state index in [0.29, 0.717) is 16.3 Å². The zero-order chi connectivity index (χ0) is 18.2. The number of nitrogens with one attached hydrogen (secondary N) is 2. The van der Waals surface area contributed by atoms with Crippen LogP contribution in [0.5, 0.6) is 5.75 Å². The first kappa shape index (κ1) is 18.5. The van der Waals surface area contributed by atoms with E-state index < -0.39 is 18.5 Å². The molecule has 0 bridgehead atoms. The SMILES string of the molecule is COc1ccc(C)cc1NC(=O)COC(=O)CNC(=O)c1cccs1. The number of hydrogen-bond acceptors (Lipinski definition) is 6. The lowest BCUT2D eigenvalue weighted by molar-refractivity contribution is -0.146. The van der Waals surface area contributed by atoms with Crippen molar-refractivity contribution in [2.24, 2.45) is 0 Å². The van der Waals surface area contributed by atoms with Gasteiger partial charge in [-0.05, 0) is 36.1 Å². The van der Waals surface area contributed by atoms with Crippen LogP contribution >= 0.6 is 11.3 Å². The van der Waals surface area contributed by atoms with E-state index in [0.717, 1.165) is 5.56 Å². The highest BCUT2D eigenvalue weighted by atomic mass is 32.1. The molecular weight excluding hydrogens is 344 g/mol. The summed E-state index contributed by atoms with van der Waals surface area (Å²) in [6.45, 7) is 1.12. The molecule has 0 radical (unpaired) electrons. The maximum atomic E-state index is 11.9. The molecule has 0 unspecified atom stereocenters. The van der Waals surface area contributed by atoms with Crippen molar-refractivity contribution in [3.8, 4) is 5.75 Å². The van der Waals surface area contributed by atoms with Gasteiger partial charge in [0.15, 0.2) is 6.61 Å². The van der Waals surface area contributed by atoms with E-state index in [1.54, 1.807) is 29.6 Å². The number of thiophene rings is 1. The number of hydrogen-bond donors (Lipinski definition) is 2. The molecule has 0 aliphatic carbocycles. The summed E-state index contributed by atoms with van der Waals surface area (Å²) in [6.07, 6.45) is 0. The van der Waals surface area contributed by atoms with Gasteiger partial charge in [-0.15, -0.1) is 11.3 Å². The standard InChI is InChI=1S/C17H18N2O5S/c1-11-5-6-13(23-2)12(8-11)19-15(20)10-24-16(21)9-18-17(22)14-4-3-7-25-14/h3-8H,9-10H2,1-2H3,(H,18,22)(H,19,20). The molecule has 2 rings (SSSR count). The van der Waals surface area contributed by atoms with Crippen LogP contribution in [0.3, 0.4) is 0 Å². The number of carbonyl (C=O) groups is 3. The van der Waals surface area contributed by atoms with Gasteiger partial charge in [-0.1, -0.05) is 12.1 Å². The minimum Gasteiger partial charge on any atom is -0.495 e. The van der Waals surface area contributed by atoms with Gasteiger partial charge in [0.25, 0.3) is 11.8 Å². The van der Waals surface area contributed by atoms with Crippen LogP contribution in [0.15, 0.2) is 35.7 Å². The molecule has 0 saturated carbocycles. The van der Waals surface area contributed by atoms with Crippen LogP contribution in [-0.2, 0) is 14.3 Å². The van der Waals surface area contributed by atoms with Gasteiger partial charge in [-0.2, -0.15) is 0 Å². The molecule has 0 spiro atoms. The second-order valence-corrected chi connectivity index (χ2v) is 6.02. The molecule has 0 aliphatic heterocycles. The number of methoxy groups -OCH3 is 1. The molecule has 1 aromatic carbocycles. The van der Waals surface area contributed by atoms with Crippen LogP contribution in [0, 0.1) is 6.92 Å². The largest absolute Gasteiger partial charge is 0.495 e. The first-order valence-corrected chi connectivity index (χ1v) is 8.29. The minimum atomic E-state index is -0.698. The Labute approximate surface area is 148 Å². The summed E-state index contributed by atoms with van der Waals surface area (Å²) in [7, 11) is 1.50. The normalized spacial score (nSPS) is 10.0. The van der Waals surface area contributed by atoms with Crippen molar-refractivity contribution >= 4 is 34.8 Å². The second kappa shape index (κ2) is 8.84. The monoisotopic (exact) mass is 362 g/mol. The average Bonchev–Trinajstić information content (AvgIpc) is 3.13. The van der Waals surface area contributed by atoms with Crippen molar-refractivity contribution in [2.75, 3.05) is 25.6 Å². The number of rotatable bonds is 7. The average molecular weight is 362 g/mol. The maximum absolute atomic E-state index is 11.9. The van der Waals surface area contributed by atoms with E-state index in [4.69, 9.17) is 9.47 Å². The molecule has 8 heteroatoms. The van der Waals surface area contributed by atoms with Gasteiger partial charge < -0.3 is 20.1 Å². The smallest absolute Gasteiger partial charge is 0.325 e. The molecule has 25 heavy (non-hydrogen) atoms. The Bertz CT molecular complexity index is 758. The Hall–Kier alpha value is -2.87. The molecule has 0 fully saturated rings. The van der Waals surface area contributed by atoms with Crippen molar-refractivity contribution in [1.29, 1.82) is 0 Å². The highest BCUT2D eigenvalue weighted by Crippen LogP contribution is 2.24. The Kier molecular flexibility index (Phi) is 6.53. The number of benzene rings is 1. The summed E-state index contributed by atoms with van der Waals surface area (Å²) in [5.41, 5.74) is 1.44. The van der Waals surface area contributed by atoms with Crippen molar-refractivity contribution in [3.63, 3.8) is 0 Å². The predicted octanol–water partition coefficient (Wildman–Crippen LogP) is 1.98. The number of anilines is 1.